The van der Waals surface area contributed by atoms with Crippen molar-refractivity contribution in [3.63, 3.8) is 0 Å². The molecule has 2 aliphatic rings. The number of fused-ring (bicyclic) bond motifs is 2. The summed E-state index contributed by atoms with van der Waals surface area (Å²) in [6.07, 6.45) is 5.98. The molecule has 1 aromatic carbocycles. The van der Waals surface area contributed by atoms with Crippen molar-refractivity contribution in [2.24, 2.45) is 17.8 Å². The fraction of sp³-hybridized carbons (Fsp3) is 0.588. The Balaban J connectivity index is 1.63. The van der Waals surface area contributed by atoms with Crippen LogP contribution in [0.15, 0.2) is 18.2 Å². The Morgan fingerprint density at radius 3 is 2.85 bits per heavy atom. The van der Waals surface area contributed by atoms with Gasteiger partial charge in [0.1, 0.15) is 5.75 Å². The number of ether oxygens (including phenoxy) is 1. The zero-order chi connectivity index (χ0) is 14.1. The molecular formula is C17H23NO2. The van der Waals surface area contributed by atoms with Crippen molar-refractivity contribution in [1.29, 1.82) is 0 Å². The number of amides is 1. The largest absolute Gasteiger partial charge is 0.495 e. The van der Waals surface area contributed by atoms with Crippen LogP contribution >= 0.6 is 0 Å². The Morgan fingerprint density at radius 2 is 2.20 bits per heavy atom. The van der Waals surface area contributed by atoms with Gasteiger partial charge in [-0.25, -0.2) is 0 Å². The molecule has 1 N–H and O–H groups in total. The summed E-state index contributed by atoms with van der Waals surface area (Å²) in [6, 6.07) is 5.87. The summed E-state index contributed by atoms with van der Waals surface area (Å²) in [5.74, 6) is 3.16. The second kappa shape index (κ2) is 5.47. The number of nitrogens with one attached hydrogen (secondary N) is 1. The first kappa shape index (κ1) is 13.5. The number of anilines is 1. The van der Waals surface area contributed by atoms with Crippen molar-refractivity contribution in [2.75, 3.05) is 12.4 Å². The highest BCUT2D eigenvalue weighted by atomic mass is 16.5. The molecule has 2 fully saturated rings. The van der Waals surface area contributed by atoms with E-state index in [0.717, 1.165) is 28.8 Å². The minimum absolute atomic E-state index is 0.131. The number of rotatable bonds is 4. The summed E-state index contributed by atoms with van der Waals surface area (Å²) in [5.41, 5.74) is 1.92. The van der Waals surface area contributed by atoms with Crippen molar-refractivity contribution < 1.29 is 9.53 Å². The van der Waals surface area contributed by atoms with Crippen LogP contribution in [0.4, 0.5) is 5.69 Å². The second-order valence-electron chi connectivity index (χ2n) is 6.39. The molecule has 0 aromatic heterocycles. The normalized spacial score (nSPS) is 27.6. The fourth-order valence-electron chi connectivity index (χ4n) is 3.99. The van der Waals surface area contributed by atoms with Gasteiger partial charge in [-0.3, -0.25) is 4.79 Å². The van der Waals surface area contributed by atoms with Gasteiger partial charge in [0.05, 0.1) is 12.8 Å². The summed E-state index contributed by atoms with van der Waals surface area (Å²) in [7, 11) is 1.64. The Kier molecular flexibility index (Phi) is 3.68. The van der Waals surface area contributed by atoms with Crippen LogP contribution in [0.25, 0.3) is 0 Å². The van der Waals surface area contributed by atoms with Gasteiger partial charge in [-0.2, -0.15) is 0 Å². The van der Waals surface area contributed by atoms with Crippen LogP contribution in [-0.2, 0) is 4.79 Å². The maximum Gasteiger partial charge on any atom is 0.224 e. The molecule has 2 saturated carbocycles. The molecule has 0 radical (unpaired) electrons. The van der Waals surface area contributed by atoms with Crippen molar-refractivity contribution in [1.82, 2.24) is 0 Å². The quantitative estimate of drug-likeness (QED) is 0.907. The van der Waals surface area contributed by atoms with E-state index in [4.69, 9.17) is 4.74 Å². The number of methoxy groups -OCH3 is 1. The SMILES string of the molecule is COc1ccc(C)cc1NC(=O)C[C@H]1C[C@H]2CC[C@@H]1C2. The van der Waals surface area contributed by atoms with E-state index in [1.807, 2.05) is 25.1 Å². The maximum absolute atomic E-state index is 12.3. The second-order valence-corrected chi connectivity index (χ2v) is 6.39. The lowest BCUT2D eigenvalue weighted by atomic mass is 9.86. The molecule has 0 saturated heterocycles. The smallest absolute Gasteiger partial charge is 0.224 e. The third-order valence-corrected chi connectivity index (χ3v) is 4.96. The van der Waals surface area contributed by atoms with Gasteiger partial charge in [0.2, 0.25) is 5.91 Å². The van der Waals surface area contributed by atoms with Crippen molar-refractivity contribution in [2.45, 2.75) is 39.0 Å². The molecule has 2 bridgehead atoms. The van der Waals surface area contributed by atoms with E-state index in [0.29, 0.717) is 12.3 Å². The average molecular weight is 273 g/mol. The summed E-state index contributed by atoms with van der Waals surface area (Å²) < 4.78 is 5.31. The molecule has 3 atom stereocenters. The van der Waals surface area contributed by atoms with Gasteiger partial charge < -0.3 is 10.1 Å². The van der Waals surface area contributed by atoms with Gasteiger partial charge in [0, 0.05) is 6.42 Å². The maximum atomic E-state index is 12.3. The standard InChI is InChI=1S/C17H23NO2/c1-11-3-6-16(20-2)15(7-11)18-17(19)10-14-9-12-4-5-13(14)8-12/h3,6-7,12-14H,4-5,8-10H2,1-2H3,(H,18,19)/t12-,13+,14+/m0/s1. The highest BCUT2D eigenvalue weighted by Gasteiger charge is 2.40. The van der Waals surface area contributed by atoms with Crippen LogP contribution < -0.4 is 10.1 Å². The zero-order valence-corrected chi connectivity index (χ0v) is 12.3. The molecule has 108 valence electrons. The third kappa shape index (κ3) is 2.67. The van der Waals surface area contributed by atoms with Gasteiger partial charge in [-0.1, -0.05) is 12.5 Å². The van der Waals surface area contributed by atoms with E-state index in [1.54, 1.807) is 7.11 Å². The van der Waals surface area contributed by atoms with Crippen molar-refractivity contribution >= 4 is 11.6 Å². The molecular weight excluding hydrogens is 250 g/mol. The molecule has 3 rings (SSSR count). The lowest BCUT2D eigenvalue weighted by Gasteiger charge is -2.21. The van der Waals surface area contributed by atoms with E-state index < -0.39 is 0 Å². The third-order valence-electron chi connectivity index (χ3n) is 4.96. The molecule has 1 aromatic rings. The number of aryl methyl sites for hydroxylation is 1. The van der Waals surface area contributed by atoms with E-state index in [-0.39, 0.29) is 5.91 Å². The lowest BCUT2D eigenvalue weighted by molar-refractivity contribution is -0.117. The molecule has 3 nitrogen and oxygen atoms in total. The van der Waals surface area contributed by atoms with Crippen LogP contribution in [0.3, 0.4) is 0 Å². The van der Waals surface area contributed by atoms with Gasteiger partial charge in [-0.05, 0) is 61.6 Å². The monoisotopic (exact) mass is 273 g/mol. The number of benzene rings is 1. The van der Waals surface area contributed by atoms with E-state index in [9.17, 15) is 4.79 Å². The summed E-state index contributed by atoms with van der Waals surface area (Å²) >= 11 is 0. The minimum atomic E-state index is 0.131. The van der Waals surface area contributed by atoms with Crippen LogP contribution in [-0.4, -0.2) is 13.0 Å². The molecule has 1 amide bonds. The average Bonchev–Trinajstić information content (AvgIpc) is 3.01. The zero-order valence-electron chi connectivity index (χ0n) is 12.3. The first-order valence-corrected chi connectivity index (χ1v) is 7.60. The van der Waals surface area contributed by atoms with Crippen molar-refractivity contribution in [3.8, 4) is 5.75 Å². The molecule has 0 aliphatic heterocycles. The molecule has 20 heavy (non-hydrogen) atoms. The predicted octanol–water partition coefficient (Wildman–Crippen LogP) is 3.77. The highest BCUT2D eigenvalue weighted by molar-refractivity contribution is 5.92. The van der Waals surface area contributed by atoms with Gasteiger partial charge in [0.25, 0.3) is 0 Å². The van der Waals surface area contributed by atoms with Crippen LogP contribution in [0.5, 0.6) is 5.75 Å². The minimum Gasteiger partial charge on any atom is -0.495 e. The van der Waals surface area contributed by atoms with Crippen LogP contribution in [0.2, 0.25) is 0 Å². The number of hydrogen-bond acceptors (Lipinski definition) is 2. The first-order chi connectivity index (χ1) is 9.65. The number of carbonyl (C=O) groups is 1. The predicted molar refractivity (Wildman–Crippen MR) is 79.9 cm³/mol. The number of carbonyl (C=O) groups excluding carboxylic acids is 1. The lowest BCUT2D eigenvalue weighted by Crippen LogP contribution is -2.20. The Hall–Kier alpha value is -1.51. The summed E-state index contributed by atoms with van der Waals surface area (Å²) in [4.78, 5) is 12.3. The van der Waals surface area contributed by atoms with E-state index in [2.05, 4.69) is 5.32 Å². The molecule has 3 heteroatoms. The number of hydrogen-bond donors (Lipinski definition) is 1. The highest BCUT2D eigenvalue weighted by Crippen LogP contribution is 2.49. The summed E-state index contributed by atoms with van der Waals surface area (Å²) in [6.45, 7) is 2.02. The Morgan fingerprint density at radius 1 is 1.35 bits per heavy atom. The fourth-order valence-corrected chi connectivity index (χ4v) is 3.99. The van der Waals surface area contributed by atoms with Crippen molar-refractivity contribution in [3.05, 3.63) is 23.8 Å². The molecule has 0 spiro atoms. The van der Waals surface area contributed by atoms with Gasteiger partial charge in [0.15, 0.2) is 0 Å². The molecule has 0 heterocycles. The topological polar surface area (TPSA) is 38.3 Å². The molecule has 0 unspecified atom stereocenters. The Labute approximate surface area is 120 Å². The molecule has 2 aliphatic carbocycles. The van der Waals surface area contributed by atoms with Gasteiger partial charge >= 0.3 is 0 Å². The summed E-state index contributed by atoms with van der Waals surface area (Å²) in [5, 5.41) is 3.02. The Bertz CT molecular complexity index is 512. The first-order valence-electron chi connectivity index (χ1n) is 7.60. The van der Waals surface area contributed by atoms with Crippen LogP contribution in [0.1, 0.15) is 37.7 Å². The van der Waals surface area contributed by atoms with Crippen LogP contribution in [0, 0.1) is 24.7 Å². The van der Waals surface area contributed by atoms with E-state index >= 15 is 0 Å². The van der Waals surface area contributed by atoms with Gasteiger partial charge in [-0.15, -0.1) is 0 Å². The van der Waals surface area contributed by atoms with E-state index in [1.165, 1.54) is 25.7 Å².